The molecule has 2 aromatic rings. The van der Waals surface area contributed by atoms with E-state index in [0.29, 0.717) is 10.1 Å². The van der Waals surface area contributed by atoms with Crippen molar-refractivity contribution < 1.29 is 22.6 Å². The summed E-state index contributed by atoms with van der Waals surface area (Å²) in [6.07, 6.45) is -0.436. The van der Waals surface area contributed by atoms with Gasteiger partial charge in [-0.25, -0.2) is 13.1 Å². The average Bonchev–Trinajstić information content (AvgIpc) is 3.01. The predicted octanol–water partition coefficient (Wildman–Crippen LogP) is 3.08. The minimum atomic E-state index is -3.81. The number of hydrogen-bond donors (Lipinski definition) is 1. The summed E-state index contributed by atoms with van der Waals surface area (Å²) < 4.78 is 43.9. The van der Waals surface area contributed by atoms with E-state index in [-0.39, 0.29) is 17.2 Å². The third kappa shape index (κ3) is 4.40. The van der Waals surface area contributed by atoms with Crippen LogP contribution in [0.3, 0.4) is 0 Å². The zero-order chi connectivity index (χ0) is 17.7. The van der Waals surface area contributed by atoms with Gasteiger partial charge in [0, 0.05) is 24.6 Å². The van der Waals surface area contributed by atoms with Crippen molar-refractivity contribution in [2.24, 2.45) is 0 Å². The topological polar surface area (TPSA) is 73.9 Å². The molecule has 6 nitrogen and oxygen atoms in total. The second kappa shape index (κ2) is 8.17. The first kappa shape index (κ1) is 19.0. The molecule has 0 aliphatic heterocycles. The number of methoxy groups -OCH3 is 3. The van der Waals surface area contributed by atoms with E-state index in [2.05, 4.69) is 4.72 Å². The lowest BCUT2D eigenvalue weighted by atomic mass is 10.3. The number of sulfonamides is 1. The Hall–Kier alpha value is -1.32. The number of hydrogen-bond acceptors (Lipinski definition) is 6. The van der Waals surface area contributed by atoms with Gasteiger partial charge in [-0.15, -0.1) is 11.3 Å². The summed E-state index contributed by atoms with van der Waals surface area (Å²) in [7, 11) is 0.582. The quantitative estimate of drug-likeness (QED) is 0.748. The highest BCUT2D eigenvalue weighted by Gasteiger charge is 2.23. The third-order valence-corrected chi connectivity index (χ3v) is 6.08. The molecule has 1 heterocycles. The monoisotopic (exact) mass is 391 g/mol. The van der Waals surface area contributed by atoms with Crippen molar-refractivity contribution in [1.82, 2.24) is 4.72 Å². The summed E-state index contributed by atoms with van der Waals surface area (Å²) >= 11 is 7.26. The van der Waals surface area contributed by atoms with Crippen molar-refractivity contribution in [3.8, 4) is 11.5 Å². The maximum atomic E-state index is 12.6. The molecule has 0 bridgehead atoms. The Morgan fingerprint density at radius 1 is 1.17 bits per heavy atom. The lowest BCUT2D eigenvalue weighted by molar-refractivity contribution is 0.110. The first-order chi connectivity index (χ1) is 11.4. The number of rotatable bonds is 8. The smallest absolute Gasteiger partial charge is 0.244 e. The highest BCUT2D eigenvalue weighted by Crippen LogP contribution is 2.30. The van der Waals surface area contributed by atoms with E-state index in [4.69, 9.17) is 25.8 Å². The van der Waals surface area contributed by atoms with Crippen LogP contribution in [0, 0.1) is 0 Å². The van der Waals surface area contributed by atoms with Crippen LogP contribution in [0.2, 0.25) is 4.34 Å². The fourth-order valence-corrected chi connectivity index (χ4v) is 4.41. The molecule has 0 saturated carbocycles. The number of halogens is 1. The molecular formula is C15H18ClNO5S2. The maximum absolute atomic E-state index is 12.6. The molecule has 0 radical (unpaired) electrons. The van der Waals surface area contributed by atoms with E-state index in [1.807, 2.05) is 6.07 Å². The first-order valence-corrected chi connectivity index (χ1v) is 9.58. The summed E-state index contributed by atoms with van der Waals surface area (Å²) in [5.74, 6) is 0.654. The highest BCUT2D eigenvalue weighted by atomic mass is 35.5. The Morgan fingerprint density at radius 2 is 1.92 bits per heavy atom. The van der Waals surface area contributed by atoms with Gasteiger partial charge in [-0.1, -0.05) is 11.6 Å². The molecule has 0 fully saturated rings. The zero-order valence-electron chi connectivity index (χ0n) is 13.4. The van der Waals surface area contributed by atoms with Gasteiger partial charge in [0.25, 0.3) is 0 Å². The van der Waals surface area contributed by atoms with Gasteiger partial charge in [-0.05, 0) is 24.3 Å². The van der Waals surface area contributed by atoms with Gasteiger partial charge in [0.2, 0.25) is 10.0 Å². The molecule has 1 N–H and O–H groups in total. The lowest BCUT2D eigenvalue weighted by Gasteiger charge is -2.16. The van der Waals surface area contributed by atoms with Crippen LogP contribution < -0.4 is 14.2 Å². The van der Waals surface area contributed by atoms with E-state index < -0.39 is 16.1 Å². The Bertz CT molecular complexity index is 791. The second-order valence-electron chi connectivity index (χ2n) is 4.73. The van der Waals surface area contributed by atoms with Crippen LogP contribution in [-0.2, 0) is 14.8 Å². The molecule has 0 spiro atoms. The van der Waals surface area contributed by atoms with Crippen LogP contribution in [0.25, 0.3) is 0 Å². The average molecular weight is 392 g/mol. The van der Waals surface area contributed by atoms with E-state index in [1.165, 1.54) is 38.7 Å². The SMILES string of the molecule is COc1ccc(OC)c(S(=O)(=O)NCC(OC)c2ccc(Cl)s2)c1. The molecule has 9 heteroatoms. The molecule has 1 aromatic heterocycles. The van der Waals surface area contributed by atoms with Crippen LogP contribution in [0.15, 0.2) is 35.2 Å². The van der Waals surface area contributed by atoms with Crippen molar-refractivity contribution in [2.75, 3.05) is 27.9 Å². The number of ether oxygens (including phenoxy) is 3. The van der Waals surface area contributed by atoms with Crippen LogP contribution >= 0.6 is 22.9 Å². The van der Waals surface area contributed by atoms with Crippen LogP contribution in [0.1, 0.15) is 11.0 Å². The molecule has 132 valence electrons. The van der Waals surface area contributed by atoms with Crippen molar-refractivity contribution in [3.05, 3.63) is 39.5 Å². The fraction of sp³-hybridized carbons (Fsp3) is 0.333. The van der Waals surface area contributed by atoms with Gasteiger partial charge in [-0.3, -0.25) is 0 Å². The molecule has 0 aliphatic carbocycles. The van der Waals surface area contributed by atoms with Crippen molar-refractivity contribution in [3.63, 3.8) is 0 Å². The van der Waals surface area contributed by atoms with Crippen molar-refractivity contribution in [1.29, 1.82) is 0 Å². The second-order valence-corrected chi connectivity index (χ2v) is 8.22. The minimum Gasteiger partial charge on any atom is -0.497 e. The molecule has 0 aliphatic rings. The number of nitrogens with one attached hydrogen (secondary N) is 1. The summed E-state index contributed by atoms with van der Waals surface area (Å²) in [6.45, 7) is 0.0655. The van der Waals surface area contributed by atoms with Gasteiger partial charge in [0.1, 0.15) is 22.5 Å². The Morgan fingerprint density at radius 3 is 2.46 bits per heavy atom. The summed E-state index contributed by atoms with van der Waals surface area (Å²) in [5, 5.41) is 0. The molecule has 1 unspecified atom stereocenters. The standard InChI is InChI=1S/C15H18ClNO5S2/c1-20-10-4-5-11(21-2)14(8-10)24(18,19)17-9-12(22-3)13-6-7-15(16)23-13/h4-8,12,17H,9H2,1-3H3. The van der Waals surface area contributed by atoms with Crippen LogP contribution in [0.5, 0.6) is 11.5 Å². The zero-order valence-corrected chi connectivity index (χ0v) is 15.8. The molecule has 0 saturated heterocycles. The highest BCUT2D eigenvalue weighted by molar-refractivity contribution is 7.89. The van der Waals surface area contributed by atoms with E-state index in [0.717, 1.165) is 4.88 Å². The van der Waals surface area contributed by atoms with Crippen LogP contribution in [-0.4, -0.2) is 36.3 Å². The summed E-state index contributed by atoms with van der Waals surface area (Å²) in [6, 6.07) is 8.13. The van der Waals surface area contributed by atoms with Gasteiger partial charge in [-0.2, -0.15) is 0 Å². The molecular weight excluding hydrogens is 374 g/mol. The summed E-state index contributed by atoms with van der Waals surface area (Å²) in [4.78, 5) is 0.839. The largest absolute Gasteiger partial charge is 0.497 e. The Labute approximate surface area is 150 Å². The molecule has 24 heavy (non-hydrogen) atoms. The molecule has 1 atom stereocenters. The molecule has 1 aromatic carbocycles. The minimum absolute atomic E-state index is 0.00316. The van der Waals surface area contributed by atoms with E-state index >= 15 is 0 Å². The summed E-state index contributed by atoms with van der Waals surface area (Å²) in [5.41, 5.74) is 0. The van der Waals surface area contributed by atoms with Crippen LogP contribution in [0.4, 0.5) is 0 Å². The van der Waals surface area contributed by atoms with E-state index in [9.17, 15) is 8.42 Å². The predicted molar refractivity (Wildman–Crippen MR) is 93.8 cm³/mol. The van der Waals surface area contributed by atoms with Gasteiger partial charge in [0.05, 0.1) is 18.6 Å². The first-order valence-electron chi connectivity index (χ1n) is 6.91. The van der Waals surface area contributed by atoms with Gasteiger partial charge < -0.3 is 14.2 Å². The molecule has 0 amide bonds. The van der Waals surface area contributed by atoms with Crippen molar-refractivity contribution in [2.45, 2.75) is 11.0 Å². The number of benzene rings is 1. The third-order valence-electron chi connectivity index (χ3n) is 3.31. The lowest BCUT2D eigenvalue weighted by Crippen LogP contribution is -2.29. The fourth-order valence-electron chi connectivity index (χ4n) is 2.06. The van der Waals surface area contributed by atoms with Gasteiger partial charge >= 0.3 is 0 Å². The number of thiophene rings is 1. The Kier molecular flexibility index (Phi) is 6.47. The van der Waals surface area contributed by atoms with Gasteiger partial charge in [0.15, 0.2) is 0 Å². The maximum Gasteiger partial charge on any atom is 0.244 e. The molecule has 2 rings (SSSR count). The van der Waals surface area contributed by atoms with Crippen molar-refractivity contribution >= 4 is 33.0 Å². The van der Waals surface area contributed by atoms with E-state index in [1.54, 1.807) is 18.2 Å². The normalized spacial score (nSPS) is 12.8. The Balaban J connectivity index is 2.21.